The number of benzene rings is 4. The maximum absolute atomic E-state index is 14.5. The molecule has 0 aliphatic heterocycles. The zero-order valence-corrected chi connectivity index (χ0v) is 27.6. The molecule has 4 aromatic carbocycles. The molecule has 0 saturated heterocycles. The Morgan fingerprint density at radius 1 is 0.826 bits per heavy atom. The van der Waals surface area contributed by atoms with Gasteiger partial charge in [-0.25, -0.2) is 8.42 Å². The summed E-state index contributed by atoms with van der Waals surface area (Å²) in [5.41, 5.74) is 3.07. The molecule has 0 spiro atoms. The molecule has 0 fully saturated rings. The summed E-state index contributed by atoms with van der Waals surface area (Å²) in [6.45, 7) is 6.42. The Labute approximate surface area is 273 Å². The minimum absolute atomic E-state index is 0.0243. The molecule has 0 radical (unpaired) electrons. The standard InChI is InChI=1S/C37H43N3O5S/c1-4-6-25-38-37(42)35(26-30-16-9-7-10-17-30)39(27-31-18-14-13-15-29(31)3)36(41)28-40(32-19-11-8-12-20-32)46(43,44)34-23-21-33(22-24-34)45-5-2/h7-24,35H,4-6,25-28H2,1-3H3,(H,38,42)/t35-/m1/s1. The third kappa shape index (κ3) is 8.97. The van der Waals surface area contributed by atoms with Gasteiger partial charge in [0, 0.05) is 19.5 Å². The molecule has 8 nitrogen and oxygen atoms in total. The van der Waals surface area contributed by atoms with Crippen LogP contribution in [0.5, 0.6) is 5.75 Å². The van der Waals surface area contributed by atoms with E-state index in [0.29, 0.717) is 24.6 Å². The van der Waals surface area contributed by atoms with E-state index in [1.54, 1.807) is 42.5 Å². The first-order chi connectivity index (χ1) is 22.2. The summed E-state index contributed by atoms with van der Waals surface area (Å²) in [5.74, 6) is -0.223. The fourth-order valence-corrected chi connectivity index (χ4v) is 6.57. The van der Waals surface area contributed by atoms with E-state index in [4.69, 9.17) is 4.74 Å². The molecule has 0 unspecified atom stereocenters. The second-order valence-corrected chi connectivity index (χ2v) is 12.9. The highest BCUT2D eigenvalue weighted by molar-refractivity contribution is 7.92. The van der Waals surface area contributed by atoms with E-state index in [9.17, 15) is 18.0 Å². The van der Waals surface area contributed by atoms with Crippen molar-refractivity contribution in [1.82, 2.24) is 10.2 Å². The number of nitrogens with one attached hydrogen (secondary N) is 1. The largest absolute Gasteiger partial charge is 0.494 e. The van der Waals surface area contributed by atoms with Crippen molar-refractivity contribution in [3.05, 3.63) is 126 Å². The van der Waals surface area contributed by atoms with Gasteiger partial charge in [-0.1, -0.05) is 86.1 Å². The minimum atomic E-state index is -4.19. The number of amides is 2. The zero-order valence-electron chi connectivity index (χ0n) is 26.8. The Bertz CT molecular complexity index is 1660. The first kappa shape index (κ1) is 34.2. The number of carbonyl (C=O) groups excluding carboxylic acids is 2. The van der Waals surface area contributed by atoms with Crippen molar-refractivity contribution in [2.45, 2.75) is 57.5 Å². The summed E-state index contributed by atoms with van der Waals surface area (Å²) in [4.78, 5) is 30.0. The van der Waals surface area contributed by atoms with Crippen LogP contribution >= 0.6 is 0 Å². The second kappa shape index (κ2) is 16.6. The van der Waals surface area contributed by atoms with Crippen LogP contribution in [0.4, 0.5) is 5.69 Å². The maximum atomic E-state index is 14.5. The van der Waals surface area contributed by atoms with Crippen LogP contribution in [0.2, 0.25) is 0 Å². The first-order valence-corrected chi connectivity index (χ1v) is 17.1. The molecule has 0 saturated carbocycles. The average molecular weight is 642 g/mol. The summed E-state index contributed by atoms with van der Waals surface area (Å²) in [7, 11) is -4.19. The number of aryl methyl sites for hydroxylation is 1. The van der Waals surface area contributed by atoms with Crippen molar-refractivity contribution in [2.24, 2.45) is 0 Å². The SMILES string of the molecule is CCCCNC(=O)[C@@H](Cc1ccccc1)N(Cc1ccccc1C)C(=O)CN(c1ccccc1)S(=O)(=O)c1ccc(OCC)cc1. The lowest BCUT2D eigenvalue weighted by Crippen LogP contribution is -2.53. The van der Waals surface area contributed by atoms with E-state index < -0.39 is 28.5 Å². The van der Waals surface area contributed by atoms with Gasteiger partial charge >= 0.3 is 0 Å². The van der Waals surface area contributed by atoms with Crippen LogP contribution in [0.15, 0.2) is 114 Å². The van der Waals surface area contributed by atoms with E-state index in [0.717, 1.165) is 33.8 Å². The van der Waals surface area contributed by atoms with Gasteiger partial charge in [-0.05, 0) is 73.4 Å². The predicted octanol–water partition coefficient (Wildman–Crippen LogP) is 6.15. The molecule has 0 heterocycles. The number of hydrogen-bond acceptors (Lipinski definition) is 5. The lowest BCUT2D eigenvalue weighted by molar-refractivity contribution is -0.140. The van der Waals surface area contributed by atoms with Crippen LogP contribution in [-0.4, -0.2) is 50.9 Å². The van der Waals surface area contributed by atoms with Gasteiger partial charge in [0.2, 0.25) is 11.8 Å². The molecule has 1 N–H and O–H groups in total. The molecular formula is C37H43N3O5S. The van der Waals surface area contributed by atoms with Gasteiger partial charge in [0.15, 0.2) is 0 Å². The Kier molecular flexibility index (Phi) is 12.4. The summed E-state index contributed by atoms with van der Waals surface area (Å²) in [5, 5.41) is 3.02. The highest BCUT2D eigenvalue weighted by atomic mass is 32.2. The van der Waals surface area contributed by atoms with Gasteiger partial charge in [0.05, 0.1) is 17.2 Å². The smallest absolute Gasteiger partial charge is 0.264 e. The van der Waals surface area contributed by atoms with Gasteiger partial charge in [-0.15, -0.1) is 0 Å². The number of para-hydroxylation sites is 1. The maximum Gasteiger partial charge on any atom is 0.264 e. The monoisotopic (exact) mass is 641 g/mol. The number of sulfonamides is 1. The van der Waals surface area contributed by atoms with E-state index in [-0.39, 0.29) is 23.8 Å². The highest BCUT2D eigenvalue weighted by Crippen LogP contribution is 2.26. The summed E-state index contributed by atoms with van der Waals surface area (Å²) < 4.78 is 35.0. The molecule has 0 aliphatic rings. The zero-order chi connectivity index (χ0) is 32.9. The molecule has 4 rings (SSSR count). The van der Waals surface area contributed by atoms with Crippen LogP contribution in [0.3, 0.4) is 0 Å². The molecule has 46 heavy (non-hydrogen) atoms. The first-order valence-electron chi connectivity index (χ1n) is 15.7. The summed E-state index contributed by atoms with van der Waals surface area (Å²) in [6, 6.07) is 31.1. The Hall–Kier alpha value is -4.63. The Morgan fingerprint density at radius 2 is 1.46 bits per heavy atom. The molecule has 0 aliphatic carbocycles. The molecule has 4 aromatic rings. The average Bonchev–Trinajstić information content (AvgIpc) is 3.07. The van der Waals surface area contributed by atoms with Gasteiger partial charge in [0.1, 0.15) is 18.3 Å². The molecule has 9 heteroatoms. The van der Waals surface area contributed by atoms with Gasteiger partial charge in [-0.3, -0.25) is 13.9 Å². The number of anilines is 1. The molecule has 2 amide bonds. The third-order valence-electron chi connectivity index (χ3n) is 7.75. The van der Waals surface area contributed by atoms with E-state index in [1.807, 2.05) is 75.4 Å². The van der Waals surface area contributed by atoms with Crippen LogP contribution in [0.25, 0.3) is 0 Å². The van der Waals surface area contributed by atoms with Gasteiger partial charge in [0.25, 0.3) is 10.0 Å². The normalized spacial score (nSPS) is 11.8. The van der Waals surface area contributed by atoms with Gasteiger partial charge < -0.3 is 15.0 Å². The quantitative estimate of drug-likeness (QED) is 0.148. The highest BCUT2D eigenvalue weighted by Gasteiger charge is 2.34. The number of rotatable bonds is 16. The number of ether oxygens (including phenoxy) is 1. The molecule has 0 bridgehead atoms. The lowest BCUT2D eigenvalue weighted by atomic mass is 10.0. The van der Waals surface area contributed by atoms with Crippen molar-refractivity contribution in [2.75, 3.05) is 24.0 Å². The number of unbranched alkanes of at least 4 members (excludes halogenated alkanes) is 1. The van der Waals surface area contributed by atoms with Crippen LogP contribution in [0, 0.1) is 6.92 Å². The summed E-state index contributed by atoms with van der Waals surface area (Å²) in [6.07, 6.45) is 1.98. The van der Waals surface area contributed by atoms with E-state index in [2.05, 4.69) is 5.32 Å². The third-order valence-corrected chi connectivity index (χ3v) is 9.54. The molecular weight excluding hydrogens is 598 g/mol. The predicted molar refractivity (Wildman–Crippen MR) is 182 cm³/mol. The molecule has 0 aromatic heterocycles. The van der Waals surface area contributed by atoms with E-state index in [1.165, 1.54) is 17.0 Å². The second-order valence-electron chi connectivity index (χ2n) is 11.0. The van der Waals surface area contributed by atoms with E-state index >= 15 is 0 Å². The van der Waals surface area contributed by atoms with Crippen molar-refractivity contribution in [3.63, 3.8) is 0 Å². The van der Waals surface area contributed by atoms with Crippen LogP contribution in [-0.2, 0) is 32.6 Å². The Morgan fingerprint density at radius 3 is 2.09 bits per heavy atom. The van der Waals surface area contributed by atoms with Crippen molar-refractivity contribution >= 4 is 27.5 Å². The number of nitrogens with zero attached hydrogens (tertiary/aromatic N) is 2. The fourth-order valence-electron chi connectivity index (χ4n) is 5.16. The fraction of sp³-hybridized carbons (Fsp3) is 0.297. The summed E-state index contributed by atoms with van der Waals surface area (Å²) >= 11 is 0. The minimum Gasteiger partial charge on any atom is -0.494 e. The van der Waals surface area contributed by atoms with Crippen LogP contribution in [0.1, 0.15) is 43.4 Å². The Balaban J connectivity index is 1.77. The number of carbonyl (C=O) groups is 2. The van der Waals surface area contributed by atoms with Crippen LogP contribution < -0.4 is 14.4 Å². The number of hydrogen-bond donors (Lipinski definition) is 1. The lowest BCUT2D eigenvalue weighted by Gasteiger charge is -2.34. The molecule has 242 valence electrons. The van der Waals surface area contributed by atoms with Crippen molar-refractivity contribution in [3.8, 4) is 5.75 Å². The van der Waals surface area contributed by atoms with Crippen molar-refractivity contribution in [1.29, 1.82) is 0 Å². The topological polar surface area (TPSA) is 96.0 Å². The van der Waals surface area contributed by atoms with Crippen molar-refractivity contribution < 1.29 is 22.7 Å². The van der Waals surface area contributed by atoms with Gasteiger partial charge in [-0.2, -0.15) is 0 Å². The molecule has 1 atom stereocenters.